The van der Waals surface area contributed by atoms with Gasteiger partial charge in [0, 0.05) is 30.3 Å². The van der Waals surface area contributed by atoms with Gasteiger partial charge in [-0.2, -0.15) is 0 Å². The molecule has 4 aromatic rings. The van der Waals surface area contributed by atoms with Crippen LogP contribution >= 0.6 is 11.6 Å². The summed E-state index contributed by atoms with van der Waals surface area (Å²) >= 11 is 6.40. The molecule has 39 heavy (non-hydrogen) atoms. The van der Waals surface area contributed by atoms with Crippen molar-refractivity contribution in [2.75, 3.05) is 13.2 Å². The predicted molar refractivity (Wildman–Crippen MR) is 146 cm³/mol. The van der Waals surface area contributed by atoms with Gasteiger partial charge in [-0.15, -0.1) is 5.10 Å². The second-order valence-corrected chi connectivity index (χ2v) is 11.6. The number of nitrogens with zero attached hydrogens (tertiary/aromatic N) is 5. The lowest BCUT2D eigenvalue weighted by Crippen LogP contribution is -2.38. The van der Waals surface area contributed by atoms with E-state index in [-0.39, 0.29) is 17.6 Å². The van der Waals surface area contributed by atoms with E-state index in [0.29, 0.717) is 47.9 Å². The van der Waals surface area contributed by atoms with Crippen LogP contribution < -0.4 is 5.76 Å². The number of aromatic amines is 1. The minimum atomic E-state index is -1.21. The summed E-state index contributed by atoms with van der Waals surface area (Å²) in [6.07, 6.45) is 6.08. The number of aromatic nitrogens is 6. The average molecular weight is 553 g/mol. The Bertz CT molecular complexity index is 1530. The third-order valence-corrected chi connectivity index (χ3v) is 8.61. The SMILES string of the molecule is CC1CCC(Cn2c(C(C)(O)C3CCOCC3)nc3nc(-c4n[nH]c(=O)o4)nc(-c4cccc(Cl)c4)c32)CC1. The number of rotatable bonds is 6. The monoisotopic (exact) mass is 552 g/mol. The van der Waals surface area contributed by atoms with Crippen molar-refractivity contribution in [3.05, 3.63) is 45.7 Å². The Kier molecular flexibility index (Phi) is 7.03. The lowest BCUT2D eigenvalue weighted by atomic mass is 9.81. The summed E-state index contributed by atoms with van der Waals surface area (Å²) in [6.45, 7) is 6.08. The molecule has 0 bridgehead atoms. The Labute approximate surface area is 230 Å². The standard InChI is InChI=1S/C28H33ClN6O4/c1-16-6-8-17(9-7-16)15-35-22-21(18-4-3-5-20(29)14-18)30-24(25-33-34-27(36)39-25)31-23(22)32-26(35)28(2,37)19-10-12-38-13-11-19/h3-5,14,16-17,19,37H,6-13,15H2,1-2H3,(H,34,36). The van der Waals surface area contributed by atoms with E-state index in [1.54, 1.807) is 6.07 Å². The fourth-order valence-corrected chi connectivity index (χ4v) is 6.26. The molecule has 1 aliphatic heterocycles. The molecule has 1 saturated heterocycles. The van der Waals surface area contributed by atoms with Crippen LogP contribution in [0.5, 0.6) is 0 Å². The van der Waals surface area contributed by atoms with E-state index in [1.807, 2.05) is 25.1 Å². The zero-order valence-electron chi connectivity index (χ0n) is 22.2. The van der Waals surface area contributed by atoms with Gasteiger partial charge in [0.25, 0.3) is 5.89 Å². The van der Waals surface area contributed by atoms with Crippen molar-refractivity contribution < 1.29 is 14.3 Å². The molecule has 3 aromatic heterocycles. The Morgan fingerprint density at radius 3 is 2.59 bits per heavy atom. The maximum Gasteiger partial charge on any atom is 0.434 e. The van der Waals surface area contributed by atoms with Gasteiger partial charge in [0.1, 0.15) is 22.6 Å². The van der Waals surface area contributed by atoms with Crippen LogP contribution in [0.15, 0.2) is 33.5 Å². The molecule has 1 unspecified atom stereocenters. The fraction of sp³-hybridized carbons (Fsp3) is 0.536. The highest BCUT2D eigenvalue weighted by molar-refractivity contribution is 6.30. The molecule has 6 rings (SSSR count). The van der Waals surface area contributed by atoms with Crippen molar-refractivity contribution in [3.63, 3.8) is 0 Å². The van der Waals surface area contributed by atoms with Gasteiger partial charge >= 0.3 is 5.76 Å². The number of fused-ring (bicyclic) bond motifs is 1. The highest BCUT2D eigenvalue weighted by Crippen LogP contribution is 2.40. The normalized spacial score (nSPS) is 22.3. The number of halogens is 1. The van der Waals surface area contributed by atoms with Crippen LogP contribution in [0.25, 0.3) is 34.1 Å². The summed E-state index contributed by atoms with van der Waals surface area (Å²) in [5, 5.41) is 18.9. The van der Waals surface area contributed by atoms with Crippen LogP contribution in [-0.2, 0) is 16.9 Å². The first-order chi connectivity index (χ1) is 18.8. The Morgan fingerprint density at radius 2 is 1.90 bits per heavy atom. The summed E-state index contributed by atoms with van der Waals surface area (Å²) < 4.78 is 12.9. The second-order valence-electron chi connectivity index (χ2n) is 11.2. The smallest absolute Gasteiger partial charge is 0.384 e. The third kappa shape index (κ3) is 5.13. The summed E-state index contributed by atoms with van der Waals surface area (Å²) in [6, 6.07) is 7.43. The summed E-state index contributed by atoms with van der Waals surface area (Å²) in [5.41, 5.74) is 1.28. The van der Waals surface area contributed by atoms with Crippen LogP contribution in [0.4, 0.5) is 0 Å². The number of hydrogen-bond acceptors (Lipinski definition) is 8. The molecule has 1 saturated carbocycles. The molecule has 2 N–H and O–H groups in total. The van der Waals surface area contributed by atoms with Crippen molar-refractivity contribution in [1.29, 1.82) is 0 Å². The molecule has 2 aliphatic rings. The summed E-state index contributed by atoms with van der Waals surface area (Å²) in [5.74, 6) is 1.13. The first-order valence-electron chi connectivity index (χ1n) is 13.7. The molecule has 0 spiro atoms. The van der Waals surface area contributed by atoms with Crippen LogP contribution in [0.2, 0.25) is 5.02 Å². The first-order valence-corrected chi connectivity index (χ1v) is 14.1. The lowest BCUT2D eigenvalue weighted by molar-refractivity contribution is -0.0654. The maximum atomic E-state index is 12.1. The minimum Gasteiger partial charge on any atom is -0.384 e. The van der Waals surface area contributed by atoms with Gasteiger partial charge in [-0.05, 0) is 62.5 Å². The molecule has 1 aromatic carbocycles. The molecule has 10 nitrogen and oxygen atoms in total. The van der Waals surface area contributed by atoms with Gasteiger partial charge in [-0.3, -0.25) is 0 Å². The van der Waals surface area contributed by atoms with Crippen LogP contribution in [0, 0.1) is 17.8 Å². The highest BCUT2D eigenvalue weighted by Gasteiger charge is 2.40. The van der Waals surface area contributed by atoms with E-state index in [9.17, 15) is 9.90 Å². The number of H-pyrrole nitrogens is 1. The van der Waals surface area contributed by atoms with Crippen molar-refractivity contribution in [1.82, 2.24) is 29.7 Å². The zero-order chi connectivity index (χ0) is 27.1. The zero-order valence-corrected chi connectivity index (χ0v) is 22.9. The number of ether oxygens (including phenoxy) is 1. The molecule has 0 radical (unpaired) electrons. The Morgan fingerprint density at radius 1 is 1.13 bits per heavy atom. The largest absolute Gasteiger partial charge is 0.434 e. The number of benzene rings is 1. The maximum absolute atomic E-state index is 12.1. The number of nitrogens with one attached hydrogen (secondary N) is 1. The fourth-order valence-electron chi connectivity index (χ4n) is 6.07. The van der Waals surface area contributed by atoms with E-state index in [2.05, 4.69) is 26.7 Å². The Hall–Kier alpha value is -3.08. The lowest BCUT2D eigenvalue weighted by Gasteiger charge is -2.36. The van der Waals surface area contributed by atoms with E-state index in [0.717, 1.165) is 42.7 Å². The molecule has 2 fully saturated rings. The molecule has 206 valence electrons. The van der Waals surface area contributed by atoms with Gasteiger partial charge < -0.3 is 18.8 Å². The Balaban J connectivity index is 1.58. The van der Waals surface area contributed by atoms with Gasteiger partial charge in [-0.1, -0.05) is 43.5 Å². The van der Waals surface area contributed by atoms with E-state index < -0.39 is 11.4 Å². The molecule has 1 atom stereocenters. The summed E-state index contributed by atoms with van der Waals surface area (Å²) in [4.78, 5) is 26.2. The van der Waals surface area contributed by atoms with Crippen molar-refractivity contribution >= 4 is 22.8 Å². The van der Waals surface area contributed by atoms with Crippen LogP contribution in [-0.4, -0.2) is 48.0 Å². The van der Waals surface area contributed by atoms with Gasteiger partial charge in [0.15, 0.2) is 5.65 Å². The molecule has 0 amide bonds. The molecular formula is C28H33ClN6O4. The van der Waals surface area contributed by atoms with E-state index >= 15 is 0 Å². The topological polar surface area (TPSA) is 132 Å². The second kappa shape index (κ2) is 10.5. The van der Waals surface area contributed by atoms with Gasteiger partial charge in [0.2, 0.25) is 5.82 Å². The van der Waals surface area contributed by atoms with Crippen molar-refractivity contribution in [2.45, 2.75) is 64.5 Å². The quantitative estimate of drug-likeness (QED) is 0.343. The number of hydrogen-bond donors (Lipinski definition) is 2. The average Bonchev–Trinajstić information content (AvgIpc) is 3.54. The van der Waals surface area contributed by atoms with E-state index in [1.165, 1.54) is 12.8 Å². The van der Waals surface area contributed by atoms with Gasteiger partial charge in [0.05, 0.1) is 0 Å². The molecule has 11 heteroatoms. The molecular weight excluding hydrogens is 520 g/mol. The molecule has 1 aliphatic carbocycles. The van der Waals surface area contributed by atoms with Crippen LogP contribution in [0.1, 0.15) is 58.2 Å². The third-order valence-electron chi connectivity index (χ3n) is 8.38. The van der Waals surface area contributed by atoms with Crippen LogP contribution in [0.3, 0.4) is 0 Å². The first kappa shape index (κ1) is 26.2. The van der Waals surface area contributed by atoms with Gasteiger partial charge in [-0.25, -0.2) is 24.8 Å². The number of aliphatic hydroxyl groups is 1. The predicted octanol–water partition coefficient (Wildman–Crippen LogP) is 4.95. The van der Waals surface area contributed by atoms with Crippen molar-refractivity contribution in [2.24, 2.45) is 17.8 Å². The highest BCUT2D eigenvalue weighted by atomic mass is 35.5. The molecule has 4 heterocycles. The minimum absolute atomic E-state index is 0.0143. The summed E-state index contributed by atoms with van der Waals surface area (Å²) in [7, 11) is 0. The van der Waals surface area contributed by atoms with Crippen molar-refractivity contribution in [3.8, 4) is 23.0 Å². The van der Waals surface area contributed by atoms with E-state index in [4.69, 9.17) is 30.7 Å². The number of imidazole rings is 1.